The lowest BCUT2D eigenvalue weighted by atomic mass is 10.2. The first-order valence-electron chi connectivity index (χ1n) is 6.88. The molecule has 0 aliphatic carbocycles. The molecule has 116 valence electrons. The zero-order chi connectivity index (χ0) is 15.9. The Morgan fingerprint density at radius 2 is 2.18 bits per heavy atom. The Morgan fingerprint density at radius 3 is 2.82 bits per heavy atom. The topological polar surface area (TPSA) is 90.9 Å². The molecular weight excluding hydrogens is 302 g/mol. The van der Waals surface area contributed by atoms with Crippen molar-refractivity contribution in [3.8, 4) is 5.75 Å². The van der Waals surface area contributed by atoms with Crippen LogP contribution in [0.15, 0.2) is 34.3 Å². The number of carbonyl (C=O) groups is 1. The normalized spacial score (nSPS) is 11.5. The fourth-order valence-corrected chi connectivity index (χ4v) is 2.45. The molecule has 0 fully saturated rings. The minimum atomic E-state index is -1.28. The number of carbonyl (C=O) groups excluding carboxylic acids is 1. The molecule has 0 aliphatic rings. The van der Waals surface area contributed by atoms with Crippen molar-refractivity contribution in [1.29, 1.82) is 0 Å². The van der Waals surface area contributed by atoms with E-state index in [1.165, 1.54) is 6.08 Å². The molecule has 6 nitrogen and oxygen atoms in total. The van der Waals surface area contributed by atoms with E-state index in [4.69, 9.17) is 4.74 Å². The summed E-state index contributed by atoms with van der Waals surface area (Å²) in [5.74, 6) is 0.0441. The number of aromatic nitrogens is 3. The largest absolute Gasteiger partial charge is 0.544 e. The van der Waals surface area contributed by atoms with Crippen molar-refractivity contribution in [2.45, 2.75) is 25.4 Å². The number of carboxylic acid groups (broad SMARTS) is 1. The highest BCUT2D eigenvalue weighted by Crippen LogP contribution is 2.28. The molecule has 0 unspecified atom stereocenters. The molecule has 0 aliphatic heterocycles. The number of aryl methyl sites for hydroxylation is 1. The molecule has 1 heterocycles. The van der Waals surface area contributed by atoms with Crippen LogP contribution in [0.5, 0.6) is 5.75 Å². The van der Waals surface area contributed by atoms with E-state index in [-0.39, 0.29) is 4.91 Å². The summed E-state index contributed by atoms with van der Waals surface area (Å²) in [6.45, 7) is 4.30. The van der Waals surface area contributed by atoms with Crippen molar-refractivity contribution in [1.82, 2.24) is 15.2 Å². The molecule has 7 heteroatoms. The van der Waals surface area contributed by atoms with Crippen LogP contribution in [0.25, 0.3) is 6.08 Å². The summed E-state index contributed by atoms with van der Waals surface area (Å²) in [6.07, 6.45) is 2.21. The van der Waals surface area contributed by atoms with Gasteiger partial charge in [0.2, 0.25) is 5.16 Å². The van der Waals surface area contributed by atoms with Gasteiger partial charge in [-0.25, -0.2) is 4.98 Å². The fourth-order valence-electron chi connectivity index (χ4n) is 1.74. The third kappa shape index (κ3) is 4.11. The van der Waals surface area contributed by atoms with Crippen LogP contribution in [0.3, 0.4) is 0 Å². The second-order valence-corrected chi connectivity index (χ2v) is 5.30. The first kappa shape index (κ1) is 16.1. The zero-order valence-electron chi connectivity index (χ0n) is 12.3. The number of thioether (sulfide) groups is 1. The number of hydrogen-bond donors (Lipinski definition) is 1. The molecule has 1 N–H and O–H groups in total. The number of rotatable bonds is 7. The van der Waals surface area contributed by atoms with Crippen molar-refractivity contribution in [2.75, 3.05) is 6.61 Å². The number of carboxylic acids is 1. The van der Waals surface area contributed by atoms with Gasteiger partial charge in [0.15, 0.2) is 0 Å². The Morgan fingerprint density at radius 1 is 1.41 bits per heavy atom. The smallest absolute Gasteiger partial charge is 0.213 e. The number of benzene rings is 1. The molecule has 0 spiro atoms. The quantitative estimate of drug-likeness (QED) is 0.616. The molecule has 1 aromatic heterocycles. The minimum Gasteiger partial charge on any atom is -0.544 e. The zero-order valence-corrected chi connectivity index (χ0v) is 13.1. The average Bonchev–Trinajstić information content (AvgIpc) is 2.96. The maximum atomic E-state index is 11.3. The molecule has 2 rings (SSSR count). The molecule has 0 amide bonds. The van der Waals surface area contributed by atoms with Gasteiger partial charge in [-0.05, 0) is 30.8 Å². The van der Waals surface area contributed by atoms with Gasteiger partial charge in [0, 0.05) is 16.9 Å². The summed E-state index contributed by atoms with van der Waals surface area (Å²) in [6, 6.07) is 7.21. The molecule has 2 aromatic rings. The minimum absolute atomic E-state index is 0.0220. The van der Waals surface area contributed by atoms with E-state index in [0.717, 1.165) is 11.8 Å². The summed E-state index contributed by atoms with van der Waals surface area (Å²) in [5.41, 5.74) is 0.669. The molecular formula is C15H16N3O3S-. The summed E-state index contributed by atoms with van der Waals surface area (Å²) in [5, 5.41) is 18.4. The highest BCUT2D eigenvalue weighted by atomic mass is 32.2. The monoisotopic (exact) mass is 318 g/mol. The Balaban J connectivity index is 2.29. The number of aromatic amines is 1. The van der Waals surface area contributed by atoms with Crippen molar-refractivity contribution >= 4 is 23.8 Å². The number of ether oxygens (including phenoxy) is 1. The van der Waals surface area contributed by atoms with Crippen LogP contribution in [0, 0.1) is 0 Å². The molecule has 0 bridgehead atoms. The number of hydrogen-bond acceptors (Lipinski definition) is 6. The Labute approximate surface area is 132 Å². The van der Waals surface area contributed by atoms with Crippen LogP contribution in [0.4, 0.5) is 0 Å². The summed E-state index contributed by atoms with van der Waals surface area (Å²) >= 11 is 0.945. The Bertz CT molecular complexity index is 682. The lowest BCUT2D eigenvalue weighted by molar-refractivity contribution is -0.297. The van der Waals surface area contributed by atoms with Crippen LogP contribution >= 0.6 is 11.8 Å². The van der Waals surface area contributed by atoms with Gasteiger partial charge in [0.05, 0.1) is 12.6 Å². The third-order valence-electron chi connectivity index (χ3n) is 2.75. The molecule has 1 aromatic carbocycles. The predicted octanol–water partition coefficient (Wildman–Crippen LogP) is 1.65. The van der Waals surface area contributed by atoms with Gasteiger partial charge in [-0.2, -0.15) is 0 Å². The summed E-state index contributed by atoms with van der Waals surface area (Å²) in [7, 11) is 0. The maximum absolute atomic E-state index is 11.3. The number of H-pyrrole nitrogens is 1. The van der Waals surface area contributed by atoms with E-state index in [2.05, 4.69) is 15.2 Å². The first-order chi connectivity index (χ1) is 10.6. The lowest BCUT2D eigenvalue weighted by Gasteiger charge is -2.09. The summed E-state index contributed by atoms with van der Waals surface area (Å²) < 4.78 is 5.48. The number of para-hydroxylation sites is 1. The van der Waals surface area contributed by atoms with Crippen LogP contribution in [0.2, 0.25) is 0 Å². The molecule has 0 atom stereocenters. The number of aliphatic carboxylic acids is 1. The lowest BCUT2D eigenvalue weighted by Crippen LogP contribution is -2.23. The summed E-state index contributed by atoms with van der Waals surface area (Å²) in [4.78, 5) is 15.6. The van der Waals surface area contributed by atoms with Crippen molar-refractivity contribution in [2.24, 2.45) is 0 Å². The maximum Gasteiger partial charge on any atom is 0.213 e. The van der Waals surface area contributed by atoms with E-state index in [1.807, 2.05) is 26.0 Å². The van der Waals surface area contributed by atoms with E-state index in [1.54, 1.807) is 12.1 Å². The third-order valence-corrected chi connectivity index (χ3v) is 3.62. The van der Waals surface area contributed by atoms with Crippen LogP contribution in [-0.2, 0) is 11.2 Å². The van der Waals surface area contributed by atoms with Crippen molar-refractivity contribution in [3.63, 3.8) is 0 Å². The SMILES string of the molecule is CCOc1ccccc1/C=C(\Sc1n[nH]c(CC)n1)C(=O)[O-]. The van der Waals surface area contributed by atoms with E-state index in [9.17, 15) is 9.90 Å². The van der Waals surface area contributed by atoms with Crippen LogP contribution in [-0.4, -0.2) is 27.8 Å². The van der Waals surface area contributed by atoms with Gasteiger partial charge in [-0.15, -0.1) is 5.10 Å². The van der Waals surface area contributed by atoms with Gasteiger partial charge in [-0.1, -0.05) is 25.1 Å². The predicted molar refractivity (Wildman–Crippen MR) is 82.2 cm³/mol. The molecule has 0 saturated heterocycles. The second-order valence-electron chi connectivity index (χ2n) is 4.29. The second kappa shape index (κ2) is 7.65. The van der Waals surface area contributed by atoms with Crippen LogP contribution in [0.1, 0.15) is 25.2 Å². The average molecular weight is 318 g/mol. The Kier molecular flexibility index (Phi) is 5.60. The molecule has 0 saturated carbocycles. The van der Waals surface area contributed by atoms with Gasteiger partial charge in [-0.3, -0.25) is 5.10 Å². The highest BCUT2D eigenvalue weighted by molar-refractivity contribution is 8.04. The van der Waals surface area contributed by atoms with Crippen molar-refractivity contribution in [3.05, 3.63) is 40.6 Å². The van der Waals surface area contributed by atoms with Gasteiger partial charge in [0.25, 0.3) is 0 Å². The molecule has 0 radical (unpaired) electrons. The number of nitrogens with zero attached hydrogens (tertiary/aromatic N) is 2. The van der Waals surface area contributed by atoms with Crippen LogP contribution < -0.4 is 9.84 Å². The van der Waals surface area contributed by atoms with E-state index < -0.39 is 5.97 Å². The van der Waals surface area contributed by atoms with Gasteiger partial charge < -0.3 is 14.6 Å². The Hall–Kier alpha value is -2.28. The number of nitrogens with one attached hydrogen (secondary N) is 1. The van der Waals surface area contributed by atoms with Crippen molar-refractivity contribution < 1.29 is 14.6 Å². The van der Waals surface area contributed by atoms with Gasteiger partial charge >= 0.3 is 0 Å². The van der Waals surface area contributed by atoms with E-state index in [0.29, 0.717) is 35.3 Å². The standard InChI is InChI=1S/C15H17N3O3S/c1-3-13-16-15(18-17-13)22-12(14(19)20)9-10-7-5-6-8-11(10)21-4-2/h5-9H,3-4H2,1-2H3,(H,19,20)(H,16,17,18)/p-1/b12-9-. The first-order valence-corrected chi connectivity index (χ1v) is 7.69. The fraction of sp³-hybridized carbons (Fsp3) is 0.267. The van der Waals surface area contributed by atoms with Gasteiger partial charge in [0.1, 0.15) is 11.6 Å². The molecule has 22 heavy (non-hydrogen) atoms. The highest BCUT2D eigenvalue weighted by Gasteiger charge is 2.09. The van der Waals surface area contributed by atoms with E-state index >= 15 is 0 Å².